The minimum Gasteiger partial charge on any atom is -0.385 e. The van der Waals surface area contributed by atoms with Gasteiger partial charge in [-0.25, -0.2) is 0 Å². The van der Waals surface area contributed by atoms with E-state index in [2.05, 4.69) is 19.2 Å². The van der Waals surface area contributed by atoms with E-state index in [9.17, 15) is 13.2 Å². The summed E-state index contributed by atoms with van der Waals surface area (Å²) in [4.78, 5) is 0. The summed E-state index contributed by atoms with van der Waals surface area (Å²) < 4.78 is 41.0. The average Bonchev–Trinajstić information content (AvgIpc) is 2.22. The van der Waals surface area contributed by atoms with Crippen LogP contribution in [0.15, 0.2) is 0 Å². The van der Waals surface area contributed by atoms with E-state index in [0.717, 1.165) is 13.0 Å². The summed E-state index contributed by atoms with van der Waals surface area (Å²) in [5.74, 6) is 0. The molecule has 0 fully saturated rings. The first-order valence-corrected chi connectivity index (χ1v) is 6.45. The third-order valence-corrected chi connectivity index (χ3v) is 3.01. The fraction of sp³-hybridized carbons (Fsp3) is 1.00. The van der Waals surface area contributed by atoms with Crippen LogP contribution in [0.5, 0.6) is 0 Å². The highest BCUT2D eigenvalue weighted by atomic mass is 19.4. The SMILES string of the molecule is COCCC(C)(C)CNC(C)CCCC(F)(F)F. The van der Waals surface area contributed by atoms with E-state index in [0.29, 0.717) is 13.0 Å². The van der Waals surface area contributed by atoms with Crippen LogP contribution in [0.3, 0.4) is 0 Å². The number of halogens is 3. The maximum absolute atomic E-state index is 12.0. The average molecular weight is 269 g/mol. The normalized spacial score (nSPS) is 14.8. The van der Waals surface area contributed by atoms with Crippen LogP contribution >= 0.6 is 0 Å². The fourth-order valence-corrected chi connectivity index (χ4v) is 1.63. The molecule has 1 N–H and O–H groups in total. The second-order valence-corrected chi connectivity index (χ2v) is 5.70. The number of ether oxygens (including phenoxy) is 1. The van der Waals surface area contributed by atoms with Gasteiger partial charge in [0.25, 0.3) is 0 Å². The number of hydrogen-bond donors (Lipinski definition) is 1. The van der Waals surface area contributed by atoms with Gasteiger partial charge in [0.2, 0.25) is 0 Å². The molecule has 0 radical (unpaired) electrons. The molecule has 1 atom stereocenters. The van der Waals surface area contributed by atoms with Crippen LogP contribution in [-0.2, 0) is 4.74 Å². The van der Waals surface area contributed by atoms with Crippen molar-refractivity contribution in [1.82, 2.24) is 5.32 Å². The molecule has 0 aliphatic heterocycles. The van der Waals surface area contributed by atoms with Gasteiger partial charge in [0.1, 0.15) is 0 Å². The Morgan fingerprint density at radius 3 is 2.28 bits per heavy atom. The molecule has 0 aromatic rings. The monoisotopic (exact) mass is 269 g/mol. The Morgan fingerprint density at radius 1 is 1.17 bits per heavy atom. The zero-order valence-electron chi connectivity index (χ0n) is 11.9. The molecule has 0 aromatic carbocycles. The van der Waals surface area contributed by atoms with Crippen molar-refractivity contribution in [3.8, 4) is 0 Å². The Bertz CT molecular complexity index is 217. The predicted octanol–water partition coefficient (Wildman–Crippen LogP) is 3.76. The standard InChI is InChI=1S/C13H26F3NO/c1-11(6-5-7-13(14,15)16)17-10-12(2,3)8-9-18-4/h11,17H,5-10H2,1-4H3. The predicted molar refractivity (Wildman–Crippen MR) is 67.6 cm³/mol. The van der Waals surface area contributed by atoms with Crippen molar-refractivity contribution in [2.24, 2.45) is 5.41 Å². The minimum absolute atomic E-state index is 0.105. The Morgan fingerprint density at radius 2 is 1.78 bits per heavy atom. The van der Waals surface area contributed by atoms with Crippen molar-refractivity contribution in [2.45, 2.75) is 58.7 Å². The van der Waals surface area contributed by atoms with Crippen molar-refractivity contribution < 1.29 is 17.9 Å². The van der Waals surface area contributed by atoms with Crippen LogP contribution in [0, 0.1) is 5.41 Å². The maximum atomic E-state index is 12.0. The molecular formula is C13H26F3NO. The molecular weight excluding hydrogens is 243 g/mol. The molecule has 0 aliphatic rings. The third kappa shape index (κ3) is 10.8. The second kappa shape index (κ2) is 8.00. The second-order valence-electron chi connectivity index (χ2n) is 5.70. The van der Waals surface area contributed by atoms with Gasteiger partial charge in [0.05, 0.1) is 0 Å². The van der Waals surface area contributed by atoms with Crippen LogP contribution < -0.4 is 5.32 Å². The largest absolute Gasteiger partial charge is 0.389 e. The summed E-state index contributed by atoms with van der Waals surface area (Å²) in [5.41, 5.74) is 0.105. The molecule has 0 heterocycles. The molecule has 5 heteroatoms. The fourth-order valence-electron chi connectivity index (χ4n) is 1.63. The minimum atomic E-state index is -4.03. The molecule has 18 heavy (non-hydrogen) atoms. The zero-order valence-corrected chi connectivity index (χ0v) is 11.9. The molecule has 0 spiro atoms. The lowest BCUT2D eigenvalue weighted by atomic mass is 9.89. The van der Waals surface area contributed by atoms with Crippen molar-refractivity contribution in [3.05, 3.63) is 0 Å². The number of nitrogens with one attached hydrogen (secondary N) is 1. The number of hydrogen-bond acceptors (Lipinski definition) is 2. The topological polar surface area (TPSA) is 21.3 Å². The van der Waals surface area contributed by atoms with Gasteiger partial charge >= 0.3 is 6.18 Å². The summed E-state index contributed by atoms with van der Waals surface area (Å²) in [6, 6.07) is 0.120. The summed E-state index contributed by atoms with van der Waals surface area (Å²) in [7, 11) is 1.67. The molecule has 0 aromatic heterocycles. The first kappa shape index (κ1) is 17.7. The molecule has 1 unspecified atom stereocenters. The lowest BCUT2D eigenvalue weighted by Crippen LogP contribution is -2.36. The van der Waals surface area contributed by atoms with Crippen molar-refractivity contribution in [2.75, 3.05) is 20.3 Å². The molecule has 0 aliphatic carbocycles. The molecule has 0 amide bonds. The lowest BCUT2D eigenvalue weighted by Gasteiger charge is -2.27. The van der Waals surface area contributed by atoms with Crippen molar-refractivity contribution >= 4 is 0 Å². The van der Waals surface area contributed by atoms with E-state index < -0.39 is 12.6 Å². The highest BCUT2D eigenvalue weighted by Gasteiger charge is 2.26. The van der Waals surface area contributed by atoms with E-state index in [-0.39, 0.29) is 17.9 Å². The van der Waals surface area contributed by atoms with Crippen molar-refractivity contribution in [3.63, 3.8) is 0 Å². The Kier molecular flexibility index (Phi) is 7.87. The highest BCUT2D eigenvalue weighted by Crippen LogP contribution is 2.23. The van der Waals surface area contributed by atoms with Gasteiger partial charge in [-0.15, -0.1) is 0 Å². The smallest absolute Gasteiger partial charge is 0.385 e. The van der Waals surface area contributed by atoms with Crippen LogP contribution in [-0.4, -0.2) is 32.5 Å². The van der Waals surface area contributed by atoms with Gasteiger partial charge in [0.15, 0.2) is 0 Å². The van der Waals surface area contributed by atoms with Crippen molar-refractivity contribution in [1.29, 1.82) is 0 Å². The molecule has 110 valence electrons. The first-order valence-electron chi connectivity index (χ1n) is 6.45. The van der Waals surface area contributed by atoms with Gasteiger partial charge in [-0.05, 0) is 31.6 Å². The zero-order chi connectivity index (χ0) is 14.2. The van der Waals surface area contributed by atoms with E-state index in [1.807, 2.05) is 6.92 Å². The van der Waals surface area contributed by atoms with Crippen LogP contribution in [0.2, 0.25) is 0 Å². The van der Waals surface area contributed by atoms with Gasteiger partial charge in [-0.2, -0.15) is 13.2 Å². The highest BCUT2D eigenvalue weighted by molar-refractivity contribution is 4.74. The van der Waals surface area contributed by atoms with Gasteiger partial charge in [-0.1, -0.05) is 13.8 Å². The Hall–Kier alpha value is -0.290. The van der Waals surface area contributed by atoms with E-state index >= 15 is 0 Å². The lowest BCUT2D eigenvalue weighted by molar-refractivity contribution is -0.135. The first-order chi connectivity index (χ1) is 8.16. The summed E-state index contributed by atoms with van der Waals surface area (Å²) in [5, 5.41) is 3.30. The summed E-state index contributed by atoms with van der Waals surface area (Å²) >= 11 is 0. The Balaban J connectivity index is 3.72. The number of rotatable bonds is 9. The molecule has 0 saturated carbocycles. The van der Waals surface area contributed by atoms with Crippen LogP contribution in [0.25, 0.3) is 0 Å². The maximum Gasteiger partial charge on any atom is 0.389 e. The van der Waals surface area contributed by atoms with E-state index in [4.69, 9.17) is 4.74 Å². The van der Waals surface area contributed by atoms with E-state index in [1.165, 1.54) is 0 Å². The molecule has 2 nitrogen and oxygen atoms in total. The molecule has 0 bridgehead atoms. The summed E-state index contributed by atoms with van der Waals surface area (Å²) in [6.45, 7) is 7.69. The van der Waals surface area contributed by atoms with Gasteiger partial charge < -0.3 is 10.1 Å². The summed E-state index contributed by atoms with van der Waals surface area (Å²) in [6.07, 6.45) is -3.04. The third-order valence-electron chi connectivity index (χ3n) is 3.01. The number of methoxy groups -OCH3 is 1. The van der Waals surface area contributed by atoms with E-state index in [1.54, 1.807) is 7.11 Å². The molecule has 0 saturated heterocycles. The van der Waals surface area contributed by atoms with Crippen LogP contribution in [0.1, 0.15) is 46.5 Å². The van der Waals surface area contributed by atoms with Gasteiger partial charge in [-0.3, -0.25) is 0 Å². The van der Waals surface area contributed by atoms with Gasteiger partial charge in [0, 0.05) is 32.7 Å². The Labute approximate surface area is 108 Å². The number of alkyl halides is 3. The molecule has 0 rings (SSSR count). The van der Waals surface area contributed by atoms with Crippen LogP contribution in [0.4, 0.5) is 13.2 Å². The quantitative estimate of drug-likeness (QED) is 0.688.